The van der Waals surface area contributed by atoms with Crippen LogP contribution in [0.25, 0.3) is 0 Å². The third-order valence-corrected chi connectivity index (χ3v) is 5.46. The number of halogens is 1. The van der Waals surface area contributed by atoms with Gasteiger partial charge >= 0.3 is 0 Å². The largest absolute Gasteiger partial charge is 0.356 e. The van der Waals surface area contributed by atoms with E-state index in [-0.39, 0.29) is 24.0 Å². The molecule has 0 bridgehead atoms. The van der Waals surface area contributed by atoms with Crippen LogP contribution in [0.2, 0.25) is 0 Å². The summed E-state index contributed by atoms with van der Waals surface area (Å²) in [6.07, 6.45) is 6.19. The van der Waals surface area contributed by atoms with Gasteiger partial charge in [-0.15, -0.1) is 24.0 Å². The van der Waals surface area contributed by atoms with E-state index in [4.69, 9.17) is 0 Å². The standard InChI is InChI=1S/C20H32N4.HI/c1-3-17-6-8-18(9-7-17)10-12-22-20(21-2)24-15-11-19(16-24)23-13-4-5-14-23;/h6-9,19H,3-5,10-16H2,1-2H3,(H,21,22);1H. The molecule has 5 heteroatoms. The zero-order valence-corrected chi connectivity index (χ0v) is 18.0. The zero-order valence-electron chi connectivity index (χ0n) is 15.7. The van der Waals surface area contributed by atoms with Crippen LogP contribution in [-0.2, 0) is 12.8 Å². The minimum atomic E-state index is 0. The maximum absolute atomic E-state index is 4.50. The molecule has 0 amide bonds. The molecule has 1 unspecified atom stereocenters. The summed E-state index contributed by atoms with van der Waals surface area (Å²) in [6.45, 7) is 7.99. The van der Waals surface area contributed by atoms with Gasteiger partial charge in [0.15, 0.2) is 5.96 Å². The summed E-state index contributed by atoms with van der Waals surface area (Å²) in [6, 6.07) is 9.72. The summed E-state index contributed by atoms with van der Waals surface area (Å²) in [4.78, 5) is 9.61. The second-order valence-electron chi connectivity index (χ2n) is 7.03. The van der Waals surface area contributed by atoms with E-state index in [2.05, 4.69) is 51.3 Å². The van der Waals surface area contributed by atoms with Crippen molar-refractivity contribution in [3.63, 3.8) is 0 Å². The molecule has 140 valence electrons. The van der Waals surface area contributed by atoms with Crippen molar-refractivity contribution in [3.8, 4) is 0 Å². The third kappa shape index (κ3) is 5.58. The Balaban J connectivity index is 0.00000225. The third-order valence-electron chi connectivity index (χ3n) is 5.46. The smallest absolute Gasteiger partial charge is 0.193 e. The summed E-state index contributed by atoms with van der Waals surface area (Å²) in [5.41, 5.74) is 2.80. The van der Waals surface area contributed by atoms with E-state index in [0.29, 0.717) is 0 Å². The maximum atomic E-state index is 4.50. The summed E-state index contributed by atoms with van der Waals surface area (Å²) >= 11 is 0. The number of rotatable bonds is 5. The van der Waals surface area contributed by atoms with Gasteiger partial charge in [0.1, 0.15) is 0 Å². The summed E-state index contributed by atoms with van der Waals surface area (Å²) in [5.74, 6) is 1.07. The molecule has 25 heavy (non-hydrogen) atoms. The number of benzene rings is 1. The number of hydrogen-bond acceptors (Lipinski definition) is 2. The summed E-state index contributed by atoms with van der Waals surface area (Å²) < 4.78 is 0. The first kappa shape index (κ1) is 20.5. The van der Waals surface area contributed by atoms with Crippen molar-refractivity contribution in [2.45, 2.75) is 45.1 Å². The van der Waals surface area contributed by atoms with E-state index >= 15 is 0 Å². The highest BCUT2D eigenvalue weighted by Gasteiger charge is 2.30. The lowest BCUT2D eigenvalue weighted by Crippen LogP contribution is -2.43. The number of aliphatic imine (C=N–C) groups is 1. The van der Waals surface area contributed by atoms with Gasteiger partial charge in [-0.05, 0) is 56.3 Å². The van der Waals surface area contributed by atoms with Gasteiger partial charge < -0.3 is 10.2 Å². The number of aryl methyl sites for hydroxylation is 1. The van der Waals surface area contributed by atoms with Crippen LogP contribution in [0.1, 0.15) is 37.3 Å². The molecule has 1 aromatic carbocycles. The van der Waals surface area contributed by atoms with Crippen molar-refractivity contribution in [3.05, 3.63) is 35.4 Å². The fraction of sp³-hybridized carbons (Fsp3) is 0.650. The van der Waals surface area contributed by atoms with Crippen molar-refractivity contribution in [1.29, 1.82) is 0 Å². The number of guanidine groups is 1. The Kier molecular flexibility index (Phi) is 8.49. The Bertz CT molecular complexity index is 537. The summed E-state index contributed by atoms with van der Waals surface area (Å²) in [5, 5.41) is 3.56. The van der Waals surface area contributed by atoms with E-state index in [1.165, 1.54) is 43.5 Å². The molecular weight excluding hydrogens is 423 g/mol. The van der Waals surface area contributed by atoms with Gasteiger partial charge in [0.05, 0.1) is 0 Å². The zero-order chi connectivity index (χ0) is 16.8. The van der Waals surface area contributed by atoms with Crippen LogP contribution in [-0.4, -0.2) is 61.6 Å². The van der Waals surface area contributed by atoms with E-state index in [9.17, 15) is 0 Å². The van der Waals surface area contributed by atoms with Crippen molar-refractivity contribution < 1.29 is 0 Å². The minimum Gasteiger partial charge on any atom is -0.356 e. The normalized spacial score (nSPS) is 21.4. The SMILES string of the molecule is CCc1ccc(CCNC(=NC)N2CCC(N3CCCC3)C2)cc1.I. The van der Waals surface area contributed by atoms with Crippen LogP contribution in [0.5, 0.6) is 0 Å². The molecule has 1 aromatic rings. The molecule has 1 N–H and O–H groups in total. The van der Waals surface area contributed by atoms with Crippen molar-refractivity contribution in [2.75, 3.05) is 39.8 Å². The fourth-order valence-electron chi connectivity index (χ4n) is 3.93. The van der Waals surface area contributed by atoms with Crippen molar-refractivity contribution in [2.24, 2.45) is 4.99 Å². The molecule has 2 aliphatic heterocycles. The van der Waals surface area contributed by atoms with Crippen LogP contribution in [0.3, 0.4) is 0 Å². The first-order valence-corrected chi connectivity index (χ1v) is 9.57. The average Bonchev–Trinajstić information content (AvgIpc) is 3.30. The number of nitrogens with zero attached hydrogens (tertiary/aromatic N) is 3. The monoisotopic (exact) mass is 456 g/mol. The molecule has 2 heterocycles. The van der Waals surface area contributed by atoms with Crippen LogP contribution >= 0.6 is 24.0 Å². The average molecular weight is 456 g/mol. The predicted molar refractivity (Wildman–Crippen MR) is 117 cm³/mol. The molecule has 2 aliphatic rings. The topological polar surface area (TPSA) is 30.9 Å². The Morgan fingerprint density at radius 2 is 1.80 bits per heavy atom. The van der Waals surface area contributed by atoms with Gasteiger partial charge in [-0.25, -0.2) is 0 Å². The van der Waals surface area contributed by atoms with E-state index in [0.717, 1.165) is 44.5 Å². The number of likely N-dealkylation sites (tertiary alicyclic amines) is 2. The second-order valence-corrected chi connectivity index (χ2v) is 7.03. The van der Waals surface area contributed by atoms with Gasteiger partial charge in [0, 0.05) is 32.7 Å². The van der Waals surface area contributed by atoms with Gasteiger partial charge in [-0.3, -0.25) is 9.89 Å². The molecule has 0 radical (unpaired) electrons. The fourth-order valence-corrected chi connectivity index (χ4v) is 3.93. The quantitative estimate of drug-likeness (QED) is 0.420. The molecule has 3 rings (SSSR count). The van der Waals surface area contributed by atoms with Gasteiger partial charge in [-0.2, -0.15) is 0 Å². The predicted octanol–water partition coefficient (Wildman–Crippen LogP) is 3.16. The molecular formula is C20H33IN4. The Labute approximate surface area is 170 Å². The van der Waals surface area contributed by atoms with E-state index in [1.54, 1.807) is 0 Å². The Morgan fingerprint density at radius 1 is 1.12 bits per heavy atom. The molecule has 4 nitrogen and oxygen atoms in total. The van der Waals surface area contributed by atoms with Gasteiger partial charge in [0.25, 0.3) is 0 Å². The Morgan fingerprint density at radius 3 is 2.44 bits per heavy atom. The molecule has 2 saturated heterocycles. The Hall–Kier alpha value is -0.820. The van der Waals surface area contributed by atoms with Crippen LogP contribution in [0.4, 0.5) is 0 Å². The van der Waals surface area contributed by atoms with E-state index in [1.807, 2.05) is 7.05 Å². The van der Waals surface area contributed by atoms with Crippen LogP contribution in [0.15, 0.2) is 29.3 Å². The molecule has 0 aliphatic carbocycles. The van der Waals surface area contributed by atoms with Crippen LogP contribution < -0.4 is 5.32 Å². The van der Waals surface area contributed by atoms with Crippen molar-refractivity contribution >= 4 is 29.9 Å². The highest BCUT2D eigenvalue weighted by molar-refractivity contribution is 14.0. The highest BCUT2D eigenvalue weighted by atomic mass is 127. The lowest BCUT2D eigenvalue weighted by Gasteiger charge is -2.25. The molecule has 0 saturated carbocycles. The highest BCUT2D eigenvalue weighted by Crippen LogP contribution is 2.20. The van der Waals surface area contributed by atoms with E-state index < -0.39 is 0 Å². The van der Waals surface area contributed by atoms with Crippen LogP contribution in [0, 0.1) is 0 Å². The first-order valence-electron chi connectivity index (χ1n) is 9.57. The molecule has 2 fully saturated rings. The first-order chi connectivity index (χ1) is 11.8. The molecule has 1 atom stereocenters. The van der Waals surface area contributed by atoms with Gasteiger partial charge in [0.2, 0.25) is 0 Å². The summed E-state index contributed by atoms with van der Waals surface area (Å²) in [7, 11) is 1.90. The maximum Gasteiger partial charge on any atom is 0.193 e. The molecule has 0 spiro atoms. The lowest BCUT2D eigenvalue weighted by molar-refractivity contribution is 0.249. The lowest BCUT2D eigenvalue weighted by atomic mass is 10.1. The number of hydrogen-bond donors (Lipinski definition) is 1. The van der Waals surface area contributed by atoms with Crippen molar-refractivity contribution in [1.82, 2.24) is 15.1 Å². The second kappa shape index (κ2) is 10.4. The minimum absolute atomic E-state index is 0. The number of nitrogens with one attached hydrogen (secondary N) is 1. The molecule has 0 aromatic heterocycles. The van der Waals surface area contributed by atoms with Gasteiger partial charge in [-0.1, -0.05) is 31.2 Å².